The molecule has 0 saturated carbocycles. The van der Waals surface area contributed by atoms with Crippen LogP contribution in [0.15, 0.2) is 40.7 Å². The van der Waals surface area contributed by atoms with Crippen molar-refractivity contribution < 1.29 is 18.0 Å². The van der Waals surface area contributed by atoms with Crippen LogP contribution in [-0.4, -0.2) is 17.1 Å². The van der Waals surface area contributed by atoms with E-state index in [4.69, 9.17) is 0 Å². The summed E-state index contributed by atoms with van der Waals surface area (Å²) in [5.41, 5.74) is 0.508. The Kier molecular flexibility index (Phi) is 5.24. The van der Waals surface area contributed by atoms with E-state index < -0.39 is 11.7 Å². The van der Waals surface area contributed by atoms with Crippen molar-refractivity contribution in [1.82, 2.24) is 10.3 Å². The van der Waals surface area contributed by atoms with Crippen molar-refractivity contribution in [2.24, 2.45) is 0 Å². The predicted molar refractivity (Wildman–Crippen MR) is 98.8 cm³/mol. The molecule has 0 unspecified atom stereocenters. The fourth-order valence-electron chi connectivity index (χ4n) is 2.66. The molecular weight excluding hydrogens is 381 g/mol. The van der Waals surface area contributed by atoms with Crippen LogP contribution in [-0.2, 0) is 12.7 Å². The number of thioether (sulfide) groups is 1. The van der Waals surface area contributed by atoms with E-state index >= 15 is 0 Å². The van der Waals surface area contributed by atoms with Crippen molar-refractivity contribution >= 4 is 39.9 Å². The molecule has 0 atom stereocenters. The largest absolute Gasteiger partial charge is 0.416 e. The Hall–Kier alpha value is -2.06. The number of alkyl halides is 3. The quantitative estimate of drug-likeness (QED) is 0.611. The van der Waals surface area contributed by atoms with Gasteiger partial charge in [-0.25, -0.2) is 4.98 Å². The second kappa shape index (κ2) is 7.28. The highest BCUT2D eigenvalue weighted by Crippen LogP contribution is 2.34. The van der Waals surface area contributed by atoms with Gasteiger partial charge in [0.05, 0.1) is 23.2 Å². The van der Waals surface area contributed by atoms with E-state index in [1.54, 1.807) is 13.2 Å². The van der Waals surface area contributed by atoms with Gasteiger partial charge in [0.25, 0.3) is 5.91 Å². The van der Waals surface area contributed by atoms with Crippen LogP contribution in [0.2, 0.25) is 0 Å². The molecule has 0 radical (unpaired) electrons. The van der Waals surface area contributed by atoms with Gasteiger partial charge >= 0.3 is 6.18 Å². The number of carbonyl (C=O) groups is 1. The maximum Gasteiger partial charge on any atom is 0.416 e. The molecule has 0 bridgehead atoms. The SMILES string of the molecule is CSc1nc2cc(C(F)(F)F)ccc2c(C)c1C(=O)NCc1cccs1. The number of aryl methyl sites for hydroxylation is 1. The Labute approximate surface area is 156 Å². The van der Waals surface area contributed by atoms with Crippen molar-refractivity contribution in [2.75, 3.05) is 6.26 Å². The number of hydrogen-bond acceptors (Lipinski definition) is 4. The maximum atomic E-state index is 12.9. The highest BCUT2D eigenvalue weighted by atomic mass is 32.2. The molecule has 1 amide bonds. The van der Waals surface area contributed by atoms with E-state index in [9.17, 15) is 18.0 Å². The number of rotatable bonds is 4. The molecule has 26 heavy (non-hydrogen) atoms. The number of thiophene rings is 1. The third-order valence-corrected chi connectivity index (χ3v) is 5.52. The van der Waals surface area contributed by atoms with Crippen LogP contribution in [0.1, 0.15) is 26.4 Å². The van der Waals surface area contributed by atoms with Crippen molar-refractivity contribution in [3.63, 3.8) is 0 Å². The molecule has 3 aromatic rings. The van der Waals surface area contributed by atoms with Gasteiger partial charge in [0, 0.05) is 10.3 Å². The lowest BCUT2D eigenvalue weighted by atomic mass is 10.0. The number of nitrogens with one attached hydrogen (secondary N) is 1. The Morgan fingerprint density at radius 3 is 2.69 bits per heavy atom. The first-order valence-electron chi connectivity index (χ1n) is 7.67. The van der Waals surface area contributed by atoms with Crippen LogP contribution in [0.3, 0.4) is 0 Å². The van der Waals surface area contributed by atoms with Crippen molar-refractivity contribution in [2.45, 2.75) is 24.7 Å². The summed E-state index contributed by atoms with van der Waals surface area (Å²) in [5.74, 6) is -0.283. The van der Waals surface area contributed by atoms with Gasteiger partial charge in [-0.15, -0.1) is 23.1 Å². The van der Waals surface area contributed by atoms with Crippen molar-refractivity contribution in [3.05, 3.63) is 57.3 Å². The minimum absolute atomic E-state index is 0.233. The number of pyridine rings is 1. The lowest BCUT2D eigenvalue weighted by Crippen LogP contribution is -2.24. The topological polar surface area (TPSA) is 42.0 Å². The highest BCUT2D eigenvalue weighted by molar-refractivity contribution is 7.98. The Bertz CT molecular complexity index is 953. The zero-order chi connectivity index (χ0) is 18.9. The molecule has 0 fully saturated rings. The summed E-state index contributed by atoms with van der Waals surface area (Å²) in [5, 5.41) is 5.74. The first kappa shape index (κ1) is 18.7. The van der Waals surface area contributed by atoms with Crippen molar-refractivity contribution in [1.29, 1.82) is 0 Å². The van der Waals surface area contributed by atoms with Gasteiger partial charge in [-0.1, -0.05) is 12.1 Å². The second-order valence-electron chi connectivity index (χ2n) is 5.61. The number of benzene rings is 1. The monoisotopic (exact) mass is 396 g/mol. The van der Waals surface area contributed by atoms with E-state index in [1.165, 1.54) is 29.2 Å². The summed E-state index contributed by atoms with van der Waals surface area (Å²) in [6.07, 6.45) is -2.68. The molecular formula is C18H15F3N2OS2. The van der Waals surface area contributed by atoms with Gasteiger partial charge in [0.15, 0.2) is 0 Å². The smallest absolute Gasteiger partial charge is 0.347 e. The third-order valence-electron chi connectivity index (χ3n) is 3.96. The summed E-state index contributed by atoms with van der Waals surface area (Å²) in [6, 6.07) is 7.24. The Morgan fingerprint density at radius 1 is 1.31 bits per heavy atom. The summed E-state index contributed by atoms with van der Waals surface area (Å²) < 4.78 is 38.8. The van der Waals surface area contributed by atoms with Crippen molar-refractivity contribution in [3.8, 4) is 0 Å². The first-order chi connectivity index (χ1) is 12.3. The van der Waals surface area contributed by atoms with Gasteiger partial charge in [-0.3, -0.25) is 4.79 Å². The molecule has 2 aromatic heterocycles. The Balaban J connectivity index is 2.01. The summed E-state index contributed by atoms with van der Waals surface area (Å²) in [7, 11) is 0. The van der Waals surface area contributed by atoms with Gasteiger partial charge in [0.2, 0.25) is 0 Å². The van der Waals surface area contributed by atoms with Gasteiger partial charge in [0.1, 0.15) is 5.03 Å². The van der Waals surface area contributed by atoms with E-state index in [1.807, 2.05) is 17.5 Å². The van der Waals surface area contributed by atoms with Crippen LogP contribution in [0.25, 0.3) is 10.9 Å². The molecule has 0 saturated heterocycles. The molecule has 0 aliphatic rings. The molecule has 8 heteroatoms. The van der Waals surface area contributed by atoms with Crippen LogP contribution in [0, 0.1) is 6.92 Å². The average molecular weight is 396 g/mol. The molecule has 0 spiro atoms. The number of aromatic nitrogens is 1. The molecule has 3 nitrogen and oxygen atoms in total. The summed E-state index contributed by atoms with van der Waals surface area (Å²) in [6.45, 7) is 2.13. The number of hydrogen-bond donors (Lipinski definition) is 1. The standard InChI is InChI=1S/C18H15F3N2OS2/c1-10-13-6-5-11(18(19,20)21)8-14(13)23-17(25-2)15(10)16(24)22-9-12-4-3-7-26-12/h3-8H,9H2,1-2H3,(H,22,24). The predicted octanol–water partition coefficient (Wildman–Crippen LogP) is 5.28. The normalized spacial score (nSPS) is 11.7. The molecule has 1 N–H and O–H groups in total. The Morgan fingerprint density at radius 2 is 2.08 bits per heavy atom. The minimum atomic E-state index is -4.43. The van der Waals surface area contributed by atoms with Crippen LogP contribution >= 0.6 is 23.1 Å². The van der Waals surface area contributed by atoms with Gasteiger partial charge < -0.3 is 5.32 Å². The van der Waals surface area contributed by atoms with E-state index in [0.717, 1.165) is 17.0 Å². The van der Waals surface area contributed by atoms with E-state index in [0.29, 0.717) is 28.1 Å². The van der Waals surface area contributed by atoms with Crippen LogP contribution in [0.5, 0.6) is 0 Å². The van der Waals surface area contributed by atoms with Crippen LogP contribution < -0.4 is 5.32 Å². The zero-order valence-corrected chi connectivity index (χ0v) is 15.6. The maximum absolute atomic E-state index is 12.9. The fraction of sp³-hybridized carbons (Fsp3) is 0.222. The van der Waals surface area contributed by atoms with E-state index in [2.05, 4.69) is 10.3 Å². The lowest BCUT2D eigenvalue weighted by Gasteiger charge is -2.14. The molecule has 136 valence electrons. The number of halogens is 3. The van der Waals surface area contributed by atoms with Gasteiger partial charge in [-0.05, 0) is 42.3 Å². The van der Waals surface area contributed by atoms with Gasteiger partial charge in [-0.2, -0.15) is 13.2 Å². The molecule has 0 aliphatic carbocycles. The molecule has 2 heterocycles. The fourth-order valence-corrected chi connectivity index (χ4v) is 3.95. The number of fused-ring (bicyclic) bond motifs is 1. The molecule has 1 aromatic carbocycles. The third kappa shape index (κ3) is 3.71. The number of carbonyl (C=O) groups excluding carboxylic acids is 1. The summed E-state index contributed by atoms with van der Waals surface area (Å²) in [4.78, 5) is 18.0. The number of nitrogens with zero attached hydrogens (tertiary/aromatic N) is 1. The molecule has 3 rings (SSSR count). The highest BCUT2D eigenvalue weighted by Gasteiger charge is 2.31. The first-order valence-corrected chi connectivity index (χ1v) is 9.78. The average Bonchev–Trinajstić information content (AvgIpc) is 3.11. The summed E-state index contributed by atoms with van der Waals surface area (Å²) >= 11 is 2.78. The van der Waals surface area contributed by atoms with E-state index in [-0.39, 0.29) is 11.4 Å². The molecule has 0 aliphatic heterocycles. The van der Waals surface area contributed by atoms with Crippen LogP contribution in [0.4, 0.5) is 13.2 Å². The second-order valence-corrected chi connectivity index (χ2v) is 7.44. The lowest BCUT2D eigenvalue weighted by molar-refractivity contribution is -0.137. The zero-order valence-electron chi connectivity index (χ0n) is 14.0. The number of amides is 1. The minimum Gasteiger partial charge on any atom is -0.347 e.